The van der Waals surface area contributed by atoms with Crippen molar-refractivity contribution in [3.05, 3.63) is 59.2 Å². The van der Waals surface area contributed by atoms with Crippen molar-refractivity contribution < 1.29 is 14.3 Å². The van der Waals surface area contributed by atoms with Gasteiger partial charge in [-0.05, 0) is 42.8 Å². The minimum Gasteiger partial charge on any atom is -0.493 e. The van der Waals surface area contributed by atoms with Gasteiger partial charge in [0, 0.05) is 5.56 Å². The highest BCUT2D eigenvalue weighted by Crippen LogP contribution is 2.26. The van der Waals surface area contributed by atoms with Gasteiger partial charge in [-0.1, -0.05) is 17.7 Å². The molecule has 0 aliphatic carbocycles. The monoisotopic (exact) mass is 298 g/mol. The van der Waals surface area contributed by atoms with Gasteiger partial charge in [-0.15, -0.1) is 0 Å². The van der Waals surface area contributed by atoms with Crippen LogP contribution >= 0.6 is 0 Å². The average Bonchev–Trinajstić information content (AvgIpc) is 2.55. The van der Waals surface area contributed by atoms with Crippen molar-refractivity contribution in [3.8, 4) is 11.5 Å². The van der Waals surface area contributed by atoms with Crippen molar-refractivity contribution in [3.63, 3.8) is 0 Å². The highest BCUT2D eigenvalue weighted by Gasteiger charge is 2.04. The fourth-order valence-electron chi connectivity index (χ4n) is 1.87. The van der Waals surface area contributed by atoms with Crippen molar-refractivity contribution in [1.82, 2.24) is 5.43 Å². The Morgan fingerprint density at radius 2 is 1.73 bits per heavy atom. The Bertz CT molecular complexity index is 679. The first kappa shape index (κ1) is 15.6. The summed E-state index contributed by atoms with van der Waals surface area (Å²) in [6.07, 6.45) is 1.55. The molecule has 0 aliphatic rings. The largest absolute Gasteiger partial charge is 0.493 e. The van der Waals surface area contributed by atoms with E-state index < -0.39 is 0 Å². The predicted molar refractivity (Wildman–Crippen MR) is 85.8 cm³/mol. The van der Waals surface area contributed by atoms with Gasteiger partial charge in [-0.3, -0.25) is 4.79 Å². The van der Waals surface area contributed by atoms with Crippen LogP contribution in [0.1, 0.15) is 21.5 Å². The third-order valence-electron chi connectivity index (χ3n) is 3.10. The molecule has 0 saturated carbocycles. The molecule has 0 spiro atoms. The summed E-state index contributed by atoms with van der Waals surface area (Å²) in [4.78, 5) is 11.9. The van der Waals surface area contributed by atoms with Crippen molar-refractivity contribution in [2.45, 2.75) is 6.92 Å². The van der Waals surface area contributed by atoms with Gasteiger partial charge in [0.25, 0.3) is 5.91 Å². The van der Waals surface area contributed by atoms with Crippen LogP contribution in [0.3, 0.4) is 0 Å². The molecule has 2 rings (SSSR count). The Kier molecular flexibility index (Phi) is 5.14. The van der Waals surface area contributed by atoms with Crippen LogP contribution in [0.25, 0.3) is 0 Å². The SMILES string of the molecule is COc1ccc(C=NNC(=O)c2ccc(C)cc2)cc1OC. The zero-order valence-electron chi connectivity index (χ0n) is 12.8. The summed E-state index contributed by atoms with van der Waals surface area (Å²) in [5.74, 6) is 0.997. The first-order chi connectivity index (χ1) is 10.6. The van der Waals surface area contributed by atoms with Gasteiger partial charge in [0.1, 0.15) is 0 Å². The number of aryl methyl sites for hydroxylation is 1. The number of hydrazone groups is 1. The maximum atomic E-state index is 11.9. The number of methoxy groups -OCH3 is 2. The number of ether oxygens (including phenoxy) is 2. The van der Waals surface area contributed by atoms with Gasteiger partial charge >= 0.3 is 0 Å². The molecule has 114 valence electrons. The van der Waals surface area contributed by atoms with Crippen LogP contribution in [0.15, 0.2) is 47.6 Å². The van der Waals surface area contributed by atoms with Gasteiger partial charge < -0.3 is 9.47 Å². The minimum atomic E-state index is -0.253. The van der Waals surface area contributed by atoms with Crippen LogP contribution in [0.4, 0.5) is 0 Å². The normalized spacial score (nSPS) is 10.5. The highest BCUT2D eigenvalue weighted by atomic mass is 16.5. The number of carbonyl (C=O) groups is 1. The molecule has 2 aromatic carbocycles. The predicted octanol–water partition coefficient (Wildman–Crippen LogP) is 2.78. The van der Waals surface area contributed by atoms with Crippen LogP contribution in [-0.2, 0) is 0 Å². The molecule has 0 atom stereocenters. The summed E-state index contributed by atoms with van der Waals surface area (Å²) < 4.78 is 10.4. The molecule has 0 bridgehead atoms. The van der Waals surface area contributed by atoms with E-state index in [2.05, 4.69) is 10.5 Å². The summed E-state index contributed by atoms with van der Waals surface area (Å²) >= 11 is 0. The molecule has 0 radical (unpaired) electrons. The molecule has 0 saturated heterocycles. The topological polar surface area (TPSA) is 59.9 Å². The smallest absolute Gasteiger partial charge is 0.271 e. The Balaban J connectivity index is 2.03. The lowest BCUT2D eigenvalue weighted by atomic mass is 10.1. The molecular weight excluding hydrogens is 280 g/mol. The van der Waals surface area contributed by atoms with E-state index in [1.807, 2.05) is 25.1 Å². The van der Waals surface area contributed by atoms with Gasteiger partial charge in [0.05, 0.1) is 20.4 Å². The fourth-order valence-corrected chi connectivity index (χ4v) is 1.87. The fraction of sp³-hybridized carbons (Fsp3) is 0.176. The van der Waals surface area contributed by atoms with Crippen molar-refractivity contribution in [2.24, 2.45) is 5.10 Å². The number of hydrogen-bond acceptors (Lipinski definition) is 4. The first-order valence-corrected chi connectivity index (χ1v) is 6.76. The van der Waals surface area contributed by atoms with E-state index in [0.29, 0.717) is 17.1 Å². The summed E-state index contributed by atoms with van der Waals surface area (Å²) in [6, 6.07) is 12.7. The first-order valence-electron chi connectivity index (χ1n) is 6.76. The second kappa shape index (κ2) is 7.26. The maximum Gasteiger partial charge on any atom is 0.271 e. The number of benzene rings is 2. The number of carbonyl (C=O) groups excluding carboxylic acids is 1. The van der Waals surface area contributed by atoms with Crippen LogP contribution in [0, 0.1) is 6.92 Å². The van der Waals surface area contributed by atoms with Crippen LogP contribution < -0.4 is 14.9 Å². The van der Waals surface area contributed by atoms with E-state index in [0.717, 1.165) is 11.1 Å². The summed E-state index contributed by atoms with van der Waals surface area (Å²) in [6.45, 7) is 1.97. The number of nitrogens with one attached hydrogen (secondary N) is 1. The highest BCUT2D eigenvalue weighted by molar-refractivity contribution is 5.94. The number of nitrogens with zero attached hydrogens (tertiary/aromatic N) is 1. The Labute approximate surface area is 129 Å². The van der Waals surface area contributed by atoms with E-state index in [1.54, 1.807) is 44.7 Å². The van der Waals surface area contributed by atoms with Gasteiger partial charge in [0.2, 0.25) is 0 Å². The number of hydrogen-bond donors (Lipinski definition) is 1. The summed E-state index contributed by atoms with van der Waals surface area (Å²) in [7, 11) is 3.14. The molecule has 5 heteroatoms. The second-order valence-electron chi connectivity index (χ2n) is 4.68. The standard InChI is InChI=1S/C17H18N2O3/c1-12-4-7-14(8-5-12)17(20)19-18-11-13-6-9-15(21-2)16(10-13)22-3/h4-11H,1-3H3,(H,19,20). The molecule has 5 nitrogen and oxygen atoms in total. The van der Waals surface area contributed by atoms with E-state index in [9.17, 15) is 4.79 Å². The number of rotatable bonds is 5. The van der Waals surface area contributed by atoms with Crippen molar-refractivity contribution in [2.75, 3.05) is 14.2 Å². The zero-order chi connectivity index (χ0) is 15.9. The van der Waals surface area contributed by atoms with E-state index in [-0.39, 0.29) is 5.91 Å². The molecule has 2 aromatic rings. The molecule has 0 fully saturated rings. The van der Waals surface area contributed by atoms with Gasteiger partial charge in [-0.2, -0.15) is 5.10 Å². The molecule has 22 heavy (non-hydrogen) atoms. The Morgan fingerprint density at radius 1 is 1.05 bits per heavy atom. The molecule has 1 amide bonds. The Morgan fingerprint density at radius 3 is 2.36 bits per heavy atom. The van der Waals surface area contributed by atoms with Crippen LogP contribution in [0.5, 0.6) is 11.5 Å². The van der Waals surface area contributed by atoms with E-state index in [1.165, 1.54) is 0 Å². The lowest BCUT2D eigenvalue weighted by molar-refractivity contribution is 0.0955. The lowest BCUT2D eigenvalue weighted by Crippen LogP contribution is -2.17. The third kappa shape index (κ3) is 3.85. The van der Waals surface area contributed by atoms with E-state index >= 15 is 0 Å². The second-order valence-corrected chi connectivity index (χ2v) is 4.68. The molecule has 0 aliphatic heterocycles. The lowest BCUT2D eigenvalue weighted by Gasteiger charge is -2.07. The maximum absolute atomic E-state index is 11.9. The molecule has 0 unspecified atom stereocenters. The summed E-state index contributed by atoms with van der Waals surface area (Å²) in [5, 5.41) is 3.95. The van der Waals surface area contributed by atoms with Crippen molar-refractivity contribution >= 4 is 12.1 Å². The molecule has 1 N–H and O–H groups in total. The summed E-state index contributed by atoms with van der Waals surface area (Å²) in [5.41, 5.74) is 4.95. The Hall–Kier alpha value is -2.82. The number of amides is 1. The van der Waals surface area contributed by atoms with E-state index in [4.69, 9.17) is 9.47 Å². The van der Waals surface area contributed by atoms with Gasteiger partial charge in [0.15, 0.2) is 11.5 Å². The van der Waals surface area contributed by atoms with Crippen LogP contribution in [-0.4, -0.2) is 26.3 Å². The average molecular weight is 298 g/mol. The zero-order valence-corrected chi connectivity index (χ0v) is 12.8. The molecular formula is C17H18N2O3. The van der Waals surface area contributed by atoms with Crippen LogP contribution in [0.2, 0.25) is 0 Å². The quantitative estimate of drug-likeness (QED) is 0.682. The third-order valence-corrected chi connectivity index (χ3v) is 3.10. The van der Waals surface area contributed by atoms with Crippen molar-refractivity contribution in [1.29, 1.82) is 0 Å². The minimum absolute atomic E-state index is 0.253. The van der Waals surface area contributed by atoms with Gasteiger partial charge in [-0.25, -0.2) is 5.43 Å². The molecule has 0 aromatic heterocycles. The molecule has 0 heterocycles.